The second-order valence-electron chi connectivity index (χ2n) is 7.17. The van der Waals surface area contributed by atoms with E-state index in [4.69, 9.17) is 0 Å². The topological polar surface area (TPSA) is 69.7 Å². The van der Waals surface area contributed by atoms with Gasteiger partial charge in [0, 0.05) is 13.1 Å². The van der Waals surface area contributed by atoms with Gasteiger partial charge in [0.05, 0.1) is 0 Å². The summed E-state index contributed by atoms with van der Waals surface area (Å²) in [6.45, 7) is 8.07. The summed E-state index contributed by atoms with van der Waals surface area (Å²) in [5.41, 5.74) is 0.772. The minimum absolute atomic E-state index is 0.295. The van der Waals surface area contributed by atoms with Crippen LogP contribution in [0.3, 0.4) is 0 Å². The Labute approximate surface area is 170 Å². The lowest BCUT2D eigenvalue weighted by Gasteiger charge is -2.28. The van der Waals surface area contributed by atoms with Crippen LogP contribution in [0.5, 0.6) is 0 Å². The summed E-state index contributed by atoms with van der Waals surface area (Å²) < 4.78 is 0. The molecule has 1 fully saturated rings. The molecule has 6 nitrogen and oxygen atoms in total. The van der Waals surface area contributed by atoms with Crippen molar-refractivity contribution in [3.05, 3.63) is 83.9 Å². The number of hydrogen-bond acceptors (Lipinski definition) is 3. The zero-order chi connectivity index (χ0) is 21.0. The average molecular weight is 391 g/mol. The molecule has 2 aromatic carbocycles. The molecule has 4 amide bonds. The van der Waals surface area contributed by atoms with Crippen molar-refractivity contribution in [2.75, 3.05) is 19.6 Å². The van der Waals surface area contributed by atoms with E-state index in [1.54, 1.807) is 29.2 Å². The van der Waals surface area contributed by atoms with Crippen molar-refractivity contribution < 1.29 is 14.4 Å². The molecular formula is C23H25N3O3. The molecule has 150 valence electrons. The van der Waals surface area contributed by atoms with Gasteiger partial charge in [0.25, 0.3) is 5.91 Å². The molecule has 1 aliphatic heterocycles. The lowest BCUT2D eigenvalue weighted by molar-refractivity contribution is -0.138. The molecule has 2 aromatic rings. The number of benzene rings is 2. The van der Waals surface area contributed by atoms with Crippen molar-refractivity contribution in [3.8, 4) is 0 Å². The molecule has 1 aliphatic rings. The second kappa shape index (κ2) is 8.31. The Balaban J connectivity index is 1.98. The van der Waals surface area contributed by atoms with E-state index in [-0.39, 0.29) is 12.5 Å². The fourth-order valence-corrected chi connectivity index (χ4v) is 3.59. The van der Waals surface area contributed by atoms with Crippen LogP contribution in [0.4, 0.5) is 4.79 Å². The van der Waals surface area contributed by atoms with Gasteiger partial charge < -0.3 is 10.2 Å². The quantitative estimate of drug-likeness (QED) is 0.583. The Morgan fingerprint density at radius 1 is 1.03 bits per heavy atom. The average Bonchev–Trinajstić information content (AvgIpc) is 2.98. The minimum atomic E-state index is -1.36. The third kappa shape index (κ3) is 3.78. The third-order valence-electron chi connectivity index (χ3n) is 5.01. The van der Waals surface area contributed by atoms with Gasteiger partial charge in [0.15, 0.2) is 5.54 Å². The Morgan fingerprint density at radius 3 is 2.00 bits per heavy atom. The Bertz CT molecular complexity index is 885. The first-order valence-electron chi connectivity index (χ1n) is 9.57. The van der Waals surface area contributed by atoms with Crippen molar-refractivity contribution in [2.24, 2.45) is 0 Å². The molecule has 6 heteroatoms. The summed E-state index contributed by atoms with van der Waals surface area (Å²) >= 11 is 0. The van der Waals surface area contributed by atoms with Crippen LogP contribution in [0.15, 0.2) is 72.8 Å². The Morgan fingerprint density at radius 2 is 1.55 bits per heavy atom. The van der Waals surface area contributed by atoms with E-state index in [0.29, 0.717) is 24.2 Å². The van der Waals surface area contributed by atoms with Crippen LogP contribution in [0.1, 0.15) is 25.0 Å². The lowest BCUT2D eigenvalue weighted by atomic mass is 9.82. The highest BCUT2D eigenvalue weighted by Crippen LogP contribution is 2.35. The highest BCUT2D eigenvalue weighted by molar-refractivity contribution is 6.11. The van der Waals surface area contributed by atoms with Crippen LogP contribution in [0.2, 0.25) is 0 Å². The number of imide groups is 1. The highest BCUT2D eigenvalue weighted by Gasteiger charge is 2.54. The van der Waals surface area contributed by atoms with Gasteiger partial charge in [-0.25, -0.2) is 4.79 Å². The van der Waals surface area contributed by atoms with Gasteiger partial charge in [-0.2, -0.15) is 0 Å². The molecule has 0 bridgehead atoms. The molecule has 1 N–H and O–H groups in total. The van der Waals surface area contributed by atoms with Gasteiger partial charge in [-0.05, 0) is 25.0 Å². The fourth-order valence-electron chi connectivity index (χ4n) is 3.59. The molecule has 0 spiro atoms. The monoisotopic (exact) mass is 391 g/mol. The molecule has 0 aromatic heterocycles. The maximum absolute atomic E-state index is 13.6. The van der Waals surface area contributed by atoms with Gasteiger partial charge in [0.1, 0.15) is 6.54 Å². The molecule has 1 saturated heterocycles. The van der Waals surface area contributed by atoms with Crippen LogP contribution >= 0.6 is 0 Å². The van der Waals surface area contributed by atoms with E-state index in [0.717, 1.165) is 10.5 Å². The first-order valence-corrected chi connectivity index (χ1v) is 9.57. The molecular weight excluding hydrogens is 366 g/mol. The van der Waals surface area contributed by atoms with Crippen molar-refractivity contribution in [1.29, 1.82) is 0 Å². The predicted octanol–water partition coefficient (Wildman–Crippen LogP) is 2.91. The molecule has 0 radical (unpaired) electrons. The Kier molecular flexibility index (Phi) is 5.82. The summed E-state index contributed by atoms with van der Waals surface area (Å²) in [5.74, 6) is -0.754. The van der Waals surface area contributed by atoms with E-state index < -0.39 is 17.5 Å². The summed E-state index contributed by atoms with van der Waals surface area (Å²) in [6, 6.07) is 17.6. The predicted molar refractivity (Wildman–Crippen MR) is 111 cm³/mol. The van der Waals surface area contributed by atoms with Gasteiger partial charge in [-0.3, -0.25) is 14.5 Å². The molecule has 0 aliphatic carbocycles. The number of carbonyl (C=O) groups is 3. The number of hydrogen-bond donors (Lipinski definition) is 1. The van der Waals surface area contributed by atoms with Crippen molar-refractivity contribution in [1.82, 2.24) is 15.1 Å². The van der Waals surface area contributed by atoms with E-state index >= 15 is 0 Å². The maximum Gasteiger partial charge on any atom is 0.326 e. The summed E-state index contributed by atoms with van der Waals surface area (Å²) in [6.07, 6.45) is 0. The number of urea groups is 1. The van der Waals surface area contributed by atoms with Crippen LogP contribution in [-0.4, -0.2) is 47.3 Å². The van der Waals surface area contributed by atoms with E-state index in [1.165, 1.54) is 0 Å². The number of likely N-dealkylation sites (N-methyl/N-ethyl adjacent to an activating group) is 1. The minimum Gasteiger partial charge on any atom is -0.337 e. The number of nitrogens with one attached hydrogen (secondary N) is 1. The van der Waals surface area contributed by atoms with E-state index in [9.17, 15) is 14.4 Å². The number of carbonyl (C=O) groups excluding carboxylic acids is 3. The molecule has 0 atom stereocenters. The number of amides is 4. The van der Waals surface area contributed by atoms with Crippen LogP contribution < -0.4 is 5.32 Å². The Hall–Kier alpha value is -3.41. The summed E-state index contributed by atoms with van der Waals surface area (Å²) in [7, 11) is 0. The van der Waals surface area contributed by atoms with Gasteiger partial charge in [-0.15, -0.1) is 0 Å². The SMILES string of the molecule is C=C(C)CN(CC)C(=O)CN1C(=O)NC(c2ccccc2)(c2ccccc2)C1=O. The smallest absolute Gasteiger partial charge is 0.326 e. The largest absolute Gasteiger partial charge is 0.337 e. The summed E-state index contributed by atoms with van der Waals surface area (Å²) in [4.78, 5) is 41.7. The first kappa shape index (κ1) is 20.3. The normalized spacial score (nSPS) is 15.2. The summed E-state index contributed by atoms with van der Waals surface area (Å²) in [5, 5.41) is 2.85. The van der Waals surface area contributed by atoms with Gasteiger partial charge in [0.2, 0.25) is 5.91 Å². The molecule has 0 unspecified atom stereocenters. The maximum atomic E-state index is 13.6. The fraction of sp³-hybridized carbons (Fsp3) is 0.261. The van der Waals surface area contributed by atoms with Gasteiger partial charge in [-0.1, -0.05) is 72.8 Å². The van der Waals surface area contributed by atoms with Crippen LogP contribution in [0, 0.1) is 0 Å². The molecule has 29 heavy (non-hydrogen) atoms. The lowest BCUT2D eigenvalue weighted by Crippen LogP contribution is -2.46. The number of nitrogens with zero attached hydrogens (tertiary/aromatic N) is 2. The molecule has 0 saturated carbocycles. The standard InChI is InChI=1S/C23H25N3O3/c1-4-25(15-17(2)3)20(27)16-26-21(28)23(24-22(26)29,18-11-7-5-8-12-18)19-13-9-6-10-14-19/h5-14H,2,4,15-16H2,1,3H3,(H,24,29). The first-order chi connectivity index (χ1) is 13.9. The molecule has 3 rings (SSSR count). The van der Waals surface area contributed by atoms with Crippen molar-refractivity contribution >= 4 is 17.8 Å². The zero-order valence-electron chi connectivity index (χ0n) is 16.7. The van der Waals surface area contributed by atoms with E-state index in [1.807, 2.05) is 50.2 Å². The second-order valence-corrected chi connectivity index (χ2v) is 7.17. The highest BCUT2D eigenvalue weighted by atomic mass is 16.2. The van der Waals surface area contributed by atoms with Crippen molar-refractivity contribution in [2.45, 2.75) is 19.4 Å². The van der Waals surface area contributed by atoms with Crippen LogP contribution in [0.25, 0.3) is 0 Å². The molecule has 1 heterocycles. The van der Waals surface area contributed by atoms with Gasteiger partial charge >= 0.3 is 6.03 Å². The third-order valence-corrected chi connectivity index (χ3v) is 5.01. The van der Waals surface area contributed by atoms with Crippen molar-refractivity contribution in [3.63, 3.8) is 0 Å². The van der Waals surface area contributed by atoms with E-state index in [2.05, 4.69) is 11.9 Å². The number of rotatable bonds is 7. The van der Waals surface area contributed by atoms with Crippen LogP contribution in [-0.2, 0) is 15.1 Å². The zero-order valence-corrected chi connectivity index (χ0v) is 16.7.